The summed E-state index contributed by atoms with van der Waals surface area (Å²) in [6.07, 6.45) is 2.07. The first-order valence-electron chi connectivity index (χ1n) is 13.8. The van der Waals surface area contributed by atoms with Gasteiger partial charge < -0.3 is 15.3 Å². The van der Waals surface area contributed by atoms with Gasteiger partial charge in [0.1, 0.15) is 23.9 Å². The molecule has 1 saturated carbocycles. The predicted molar refractivity (Wildman–Crippen MR) is 150 cm³/mol. The third-order valence-corrected chi connectivity index (χ3v) is 8.64. The van der Waals surface area contributed by atoms with Crippen molar-refractivity contribution in [3.8, 4) is 6.07 Å². The molecule has 3 aromatic rings. The number of benzene rings is 1. The predicted octanol–water partition coefficient (Wildman–Crippen LogP) is 4.22. The fraction of sp³-hybridized carbons (Fsp3) is 0.367. The van der Waals surface area contributed by atoms with E-state index in [0.29, 0.717) is 22.6 Å². The average Bonchev–Trinajstić information content (AvgIpc) is 3.53. The van der Waals surface area contributed by atoms with E-state index in [9.17, 15) is 33.1 Å². The second-order valence-electron chi connectivity index (χ2n) is 11.1. The Hall–Kier alpha value is -4.21. The van der Waals surface area contributed by atoms with Gasteiger partial charge in [-0.15, -0.1) is 0 Å². The van der Waals surface area contributed by atoms with Crippen LogP contribution in [-0.4, -0.2) is 51.1 Å². The van der Waals surface area contributed by atoms with Gasteiger partial charge in [0.25, 0.3) is 17.7 Å². The van der Waals surface area contributed by atoms with E-state index in [1.54, 1.807) is 18.2 Å². The lowest BCUT2D eigenvalue weighted by atomic mass is 9.83. The molecular weight excluding hydrogens is 585 g/mol. The van der Waals surface area contributed by atoms with E-state index in [0.717, 1.165) is 12.3 Å². The van der Waals surface area contributed by atoms with Gasteiger partial charge in [-0.25, -0.2) is 18.2 Å². The number of nitrogens with zero attached hydrogens (tertiary/aromatic N) is 5. The summed E-state index contributed by atoms with van der Waals surface area (Å²) in [4.78, 5) is 39.9. The largest absolute Gasteiger partial charge is 0.374 e. The van der Waals surface area contributed by atoms with Gasteiger partial charge in [0, 0.05) is 36.2 Å². The summed E-state index contributed by atoms with van der Waals surface area (Å²) in [5.41, 5.74) is -0.445. The van der Waals surface area contributed by atoms with Crippen molar-refractivity contribution >= 4 is 34.9 Å². The Morgan fingerprint density at radius 2 is 1.95 bits per heavy atom. The van der Waals surface area contributed by atoms with Crippen LogP contribution in [0.3, 0.4) is 0 Å². The van der Waals surface area contributed by atoms with E-state index in [2.05, 4.69) is 15.3 Å². The number of rotatable bonds is 6. The van der Waals surface area contributed by atoms with Crippen molar-refractivity contribution in [2.75, 3.05) is 9.80 Å². The van der Waals surface area contributed by atoms with Gasteiger partial charge in [-0.3, -0.25) is 19.5 Å². The number of nitrogens with one attached hydrogen (secondary N) is 1. The highest BCUT2D eigenvalue weighted by Gasteiger charge is 2.57. The van der Waals surface area contributed by atoms with Gasteiger partial charge in [-0.1, -0.05) is 17.7 Å². The number of amides is 2. The summed E-state index contributed by atoms with van der Waals surface area (Å²) in [5.74, 6) is -4.84. The van der Waals surface area contributed by atoms with Crippen molar-refractivity contribution in [3.05, 3.63) is 82.5 Å². The molecule has 6 rings (SSSR count). The Morgan fingerprint density at radius 3 is 2.67 bits per heavy atom. The number of aliphatic hydroxyl groups excluding tert-OH is 1. The SMILES string of the molecule is N#Cc1ccnc(N2C(O)CC[C@H]2C(=O)N(c2cncc(F)c2)C2(C(=O)NC3CC(F)(F)C3)CCc3cc(Cl)ccc32)c1. The lowest BCUT2D eigenvalue weighted by Gasteiger charge is -2.45. The van der Waals surface area contributed by atoms with Crippen LogP contribution >= 0.6 is 11.6 Å². The first kappa shape index (κ1) is 28.9. The Labute approximate surface area is 249 Å². The van der Waals surface area contributed by atoms with E-state index >= 15 is 0 Å². The number of alkyl halides is 2. The van der Waals surface area contributed by atoms with Crippen LogP contribution in [0, 0.1) is 17.1 Å². The van der Waals surface area contributed by atoms with Crippen LogP contribution < -0.4 is 15.1 Å². The van der Waals surface area contributed by atoms with Crippen molar-refractivity contribution in [1.29, 1.82) is 5.26 Å². The summed E-state index contributed by atoms with van der Waals surface area (Å²) in [7, 11) is 0. The van der Waals surface area contributed by atoms with Crippen molar-refractivity contribution in [2.45, 2.75) is 68.3 Å². The molecule has 9 nitrogen and oxygen atoms in total. The number of halogens is 4. The van der Waals surface area contributed by atoms with Crippen LogP contribution in [-0.2, 0) is 21.5 Å². The fourth-order valence-corrected chi connectivity index (χ4v) is 6.64. The Morgan fingerprint density at radius 1 is 1.16 bits per heavy atom. The zero-order valence-corrected chi connectivity index (χ0v) is 23.4. The molecule has 1 aliphatic heterocycles. The first-order chi connectivity index (χ1) is 20.5. The molecule has 2 fully saturated rings. The Kier molecular flexibility index (Phi) is 7.26. The number of hydrogen-bond acceptors (Lipinski definition) is 7. The number of carbonyl (C=O) groups excluding carboxylic acids is 2. The van der Waals surface area contributed by atoms with E-state index in [4.69, 9.17) is 11.6 Å². The smallest absolute Gasteiger partial charge is 0.252 e. The Balaban J connectivity index is 1.50. The van der Waals surface area contributed by atoms with Crippen LogP contribution in [0.4, 0.5) is 24.7 Å². The molecule has 3 heterocycles. The quantitative estimate of drug-likeness (QED) is 0.429. The topological polar surface area (TPSA) is 122 Å². The molecule has 2 aromatic heterocycles. The number of aromatic nitrogens is 2. The second kappa shape index (κ2) is 10.8. The summed E-state index contributed by atoms with van der Waals surface area (Å²) in [6.45, 7) is 0. The summed E-state index contributed by atoms with van der Waals surface area (Å²) in [5, 5.41) is 23.5. The highest BCUT2D eigenvalue weighted by Crippen LogP contribution is 2.47. The summed E-state index contributed by atoms with van der Waals surface area (Å²) in [6, 6.07) is 8.98. The lowest BCUT2D eigenvalue weighted by Crippen LogP contribution is -2.64. The fourth-order valence-electron chi connectivity index (χ4n) is 6.44. The number of carbonyl (C=O) groups is 2. The maximum Gasteiger partial charge on any atom is 0.252 e. The van der Waals surface area contributed by atoms with Gasteiger partial charge in [0.05, 0.1) is 29.7 Å². The number of fused-ring (bicyclic) bond motifs is 1. The third-order valence-electron chi connectivity index (χ3n) is 8.40. The molecular formula is C30H26ClF3N6O3. The van der Waals surface area contributed by atoms with Crippen LogP contribution in [0.15, 0.2) is 55.0 Å². The number of nitriles is 1. The van der Waals surface area contributed by atoms with Crippen molar-refractivity contribution in [2.24, 2.45) is 0 Å². The molecule has 2 unspecified atom stereocenters. The lowest BCUT2D eigenvalue weighted by molar-refractivity contribution is -0.137. The number of hydrogen-bond donors (Lipinski definition) is 2. The molecule has 0 radical (unpaired) electrons. The number of aryl methyl sites for hydroxylation is 1. The van der Waals surface area contributed by atoms with E-state index in [1.807, 2.05) is 6.07 Å². The molecule has 0 bridgehead atoms. The molecule has 13 heteroatoms. The van der Waals surface area contributed by atoms with Gasteiger partial charge in [0.15, 0.2) is 5.54 Å². The van der Waals surface area contributed by atoms with E-state index < -0.39 is 60.2 Å². The zero-order valence-electron chi connectivity index (χ0n) is 22.7. The molecule has 3 atom stereocenters. The van der Waals surface area contributed by atoms with Crippen LogP contribution in [0.2, 0.25) is 5.02 Å². The number of aliphatic hydroxyl groups is 1. The summed E-state index contributed by atoms with van der Waals surface area (Å²) < 4.78 is 42.2. The van der Waals surface area contributed by atoms with Crippen LogP contribution in [0.25, 0.3) is 0 Å². The van der Waals surface area contributed by atoms with Crippen LogP contribution in [0.1, 0.15) is 48.8 Å². The molecule has 222 valence electrons. The van der Waals surface area contributed by atoms with Gasteiger partial charge in [0.2, 0.25) is 0 Å². The molecule has 2 aliphatic carbocycles. The van der Waals surface area contributed by atoms with Crippen molar-refractivity contribution in [1.82, 2.24) is 15.3 Å². The monoisotopic (exact) mass is 610 g/mol. The van der Waals surface area contributed by atoms with Gasteiger partial charge >= 0.3 is 0 Å². The highest BCUT2D eigenvalue weighted by atomic mass is 35.5. The van der Waals surface area contributed by atoms with Crippen molar-refractivity contribution < 1.29 is 27.9 Å². The van der Waals surface area contributed by atoms with Crippen molar-refractivity contribution in [3.63, 3.8) is 0 Å². The maximum absolute atomic E-state index is 14.8. The van der Waals surface area contributed by atoms with Gasteiger partial charge in [-0.2, -0.15) is 5.26 Å². The standard InChI is InChI=1S/C30H26ClF3N6O3/c31-19-1-2-23-18(10-19)5-7-30(23,28(43)38-21-12-29(33,34)13-21)40(22-11-20(32)15-36-16-22)27(42)24-3-4-26(41)39(24)25-9-17(14-35)6-8-37-25/h1-2,6,8-11,15-16,21,24,26,41H,3-5,7,12-13H2,(H,38,43)/t24-,26?,30?/m0/s1. The minimum Gasteiger partial charge on any atom is -0.374 e. The number of anilines is 2. The summed E-state index contributed by atoms with van der Waals surface area (Å²) >= 11 is 6.27. The first-order valence-corrected chi connectivity index (χ1v) is 14.1. The average molecular weight is 611 g/mol. The molecule has 1 saturated heterocycles. The minimum atomic E-state index is -2.90. The minimum absolute atomic E-state index is 0.0260. The van der Waals surface area contributed by atoms with E-state index in [1.165, 1.54) is 34.3 Å². The van der Waals surface area contributed by atoms with E-state index in [-0.39, 0.29) is 36.3 Å². The van der Waals surface area contributed by atoms with Gasteiger partial charge in [-0.05, 0) is 61.1 Å². The Bertz CT molecular complexity index is 1640. The molecule has 1 aromatic carbocycles. The third kappa shape index (κ3) is 5.06. The molecule has 2 amide bonds. The highest BCUT2D eigenvalue weighted by molar-refractivity contribution is 6.30. The zero-order chi connectivity index (χ0) is 30.5. The second-order valence-corrected chi connectivity index (χ2v) is 11.6. The molecule has 3 aliphatic rings. The molecule has 2 N–H and O–H groups in total. The molecule has 0 spiro atoms. The van der Waals surface area contributed by atoms with Crippen LogP contribution in [0.5, 0.6) is 0 Å². The molecule has 43 heavy (non-hydrogen) atoms. The maximum atomic E-state index is 14.8. The normalized spacial score (nSPS) is 24.1. The number of pyridine rings is 2.